The molecule has 5 nitrogen and oxygen atoms in total. The SMILES string of the molecule is CCOc1ncnc(C(C)C(=O)O)c1C. The van der Waals surface area contributed by atoms with Gasteiger partial charge in [0.1, 0.15) is 6.33 Å². The molecule has 1 aromatic rings. The van der Waals surface area contributed by atoms with Crippen molar-refractivity contribution in [3.63, 3.8) is 0 Å². The summed E-state index contributed by atoms with van der Waals surface area (Å²) in [6.07, 6.45) is 1.33. The van der Waals surface area contributed by atoms with Crippen LogP contribution in [0.1, 0.15) is 31.0 Å². The summed E-state index contributed by atoms with van der Waals surface area (Å²) in [6, 6.07) is 0. The molecule has 1 N–H and O–H groups in total. The van der Waals surface area contributed by atoms with Crippen molar-refractivity contribution in [3.05, 3.63) is 17.6 Å². The average molecular weight is 210 g/mol. The summed E-state index contributed by atoms with van der Waals surface area (Å²) in [6.45, 7) is 5.70. The molecule has 0 aromatic carbocycles. The Labute approximate surface area is 88.1 Å². The number of ether oxygens (including phenoxy) is 1. The van der Waals surface area contributed by atoms with Gasteiger partial charge in [0.05, 0.1) is 18.2 Å². The van der Waals surface area contributed by atoms with Gasteiger partial charge in [0, 0.05) is 5.56 Å². The van der Waals surface area contributed by atoms with Crippen LogP contribution in [0, 0.1) is 6.92 Å². The van der Waals surface area contributed by atoms with Gasteiger partial charge < -0.3 is 9.84 Å². The van der Waals surface area contributed by atoms with Gasteiger partial charge in [-0.1, -0.05) is 0 Å². The molecule has 0 amide bonds. The Kier molecular flexibility index (Phi) is 3.60. The molecule has 0 saturated carbocycles. The van der Waals surface area contributed by atoms with E-state index in [1.165, 1.54) is 6.33 Å². The highest BCUT2D eigenvalue weighted by Crippen LogP contribution is 2.22. The number of hydrogen-bond acceptors (Lipinski definition) is 4. The van der Waals surface area contributed by atoms with Gasteiger partial charge in [0.2, 0.25) is 5.88 Å². The average Bonchev–Trinajstić information content (AvgIpc) is 2.20. The highest BCUT2D eigenvalue weighted by molar-refractivity contribution is 5.75. The minimum atomic E-state index is -0.903. The highest BCUT2D eigenvalue weighted by Gasteiger charge is 2.19. The van der Waals surface area contributed by atoms with Crippen LogP contribution in [0.3, 0.4) is 0 Å². The lowest BCUT2D eigenvalue weighted by atomic mass is 10.0. The number of nitrogens with zero attached hydrogens (tertiary/aromatic N) is 2. The summed E-state index contributed by atoms with van der Waals surface area (Å²) in [5, 5.41) is 8.88. The zero-order chi connectivity index (χ0) is 11.4. The van der Waals surface area contributed by atoms with Gasteiger partial charge in [0.15, 0.2) is 0 Å². The molecule has 0 aliphatic heterocycles. The van der Waals surface area contributed by atoms with Gasteiger partial charge in [-0.3, -0.25) is 4.79 Å². The second-order valence-corrected chi connectivity index (χ2v) is 3.18. The van der Waals surface area contributed by atoms with E-state index in [1.54, 1.807) is 13.8 Å². The van der Waals surface area contributed by atoms with Gasteiger partial charge in [0.25, 0.3) is 0 Å². The topological polar surface area (TPSA) is 72.3 Å². The highest BCUT2D eigenvalue weighted by atomic mass is 16.5. The zero-order valence-electron chi connectivity index (χ0n) is 9.02. The molecule has 1 rings (SSSR count). The summed E-state index contributed by atoms with van der Waals surface area (Å²) in [5.74, 6) is -1.10. The first kappa shape index (κ1) is 11.4. The molecule has 0 radical (unpaired) electrons. The predicted molar refractivity (Wildman–Crippen MR) is 54.0 cm³/mol. The van der Waals surface area contributed by atoms with E-state index in [2.05, 4.69) is 9.97 Å². The zero-order valence-corrected chi connectivity index (χ0v) is 9.02. The monoisotopic (exact) mass is 210 g/mol. The third-order valence-corrected chi connectivity index (χ3v) is 2.14. The Hall–Kier alpha value is -1.65. The number of carboxylic acid groups (broad SMARTS) is 1. The molecular weight excluding hydrogens is 196 g/mol. The maximum atomic E-state index is 10.8. The van der Waals surface area contributed by atoms with Crippen LogP contribution in [0.4, 0.5) is 0 Å². The fourth-order valence-electron chi connectivity index (χ4n) is 1.28. The Morgan fingerprint density at radius 2 is 2.27 bits per heavy atom. The molecule has 0 saturated heterocycles. The molecule has 82 valence electrons. The van der Waals surface area contributed by atoms with Crippen molar-refractivity contribution in [2.45, 2.75) is 26.7 Å². The van der Waals surface area contributed by atoms with Crippen molar-refractivity contribution in [1.82, 2.24) is 9.97 Å². The van der Waals surface area contributed by atoms with Crippen LogP contribution in [0.25, 0.3) is 0 Å². The van der Waals surface area contributed by atoms with Crippen molar-refractivity contribution in [1.29, 1.82) is 0 Å². The molecule has 5 heteroatoms. The van der Waals surface area contributed by atoms with Gasteiger partial charge >= 0.3 is 5.97 Å². The maximum Gasteiger partial charge on any atom is 0.312 e. The van der Waals surface area contributed by atoms with Gasteiger partial charge in [-0.05, 0) is 20.8 Å². The predicted octanol–water partition coefficient (Wildman–Crippen LogP) is 1.37. The molecule has 0 aliphatic carbocycles. The van der Waals surface area contributed by atoms with Gasteiger partial charge in [-0.2, -0.15) is 0 Å². The number of aromatic nitrogens is 2. The maximum absolute atomic E-state index is 10.8. The number of carboxylic acids is 1. The standard InChI is InChI=1S/C10H14N2O3/c1-4-15-9-6(2)8(11-5-12-9)7(3)10(13)14/h5,7H,4H2,1-3H3,(H,13,14). The summed E-state index contributed by atoms with van der Waals surface area (Å²) in [4.78, 5) is 18.7. The molecule has 1 heterocycles. The van der Waals surface area contributed by atoms with E-state index < -0.39 is 11.9 Å². The second kappa shape index (κ2) is 4.72. The fourth-order valence-corrected chi connectivity index (χ4v) is 1.28. The molecule has 1 unspecified atom stereocenters. The summed E-state index contributed by atoms with van der Waals surface area (Å²) >= 11 is 0. The van der Waals surface area contributed by atoms with E-state index >= 15 is 0 Å². The molecule has 1 atom stereocenters. The van der Waals surface area contributed by atoms with E-state index in [1.807, 2.05) is 6.92 Å². The minimum Gasteiger partial charge on any atom is -0.481 e. The summed E-state index contributed by atoms with van der Waals surface area (Å²) < 4.78 is 5.26. The van der Waals surface area contributed by atoms with Crippen LogP contribution in [0.5, 0.6) is 5.88 Å². The first-order valence-electron chi connectivity index (χ1n) is 4.75. The molecule has 0 fully saturated rings. The smallest absolute Gasteiger partial charge is 0.312 e. The molecule has 15 heavy (non-hydrogen) atoms. The van der Waals surface area contributed by atoms with E-state index in [0.717, 1.165) is 0 Å². The van der Waals surface area contributed by atoms with E-state index in [0.29, 0.717) is 23.7 Å². The van der Waals surface area contributed by atoms with E-state index in [4.69, 9.17) is 9.84 Å². The van der Waals surface area contributed by atoms with Gasteiger partial charge in [-0.25, -0.2) is 9.97 Å². The van der Waals surface area contributed by atoms with Crippen LogP contribution >= 0.6 is 0 Å². The Balaban J connectivity index is 3.08. The Morgan fingerprint density at radius 1 is 1.60 bits per heavy atom. The number of hydrogen-bond donors (Lipinski definition) is 1. The quantitative estimate of drug-likeness (QED) is 0.812. The van der Waals surface area contributed by atoms with Crippen LogP contribution in [-0.4, -0.2) is 27.7 Å². The fraction of sp³-hybridized carbons (Fsp3) is 0.500. The largest absolute Gasteiger partial charge is 0.481 e. The number of rotatable bonds is 4. The molecule has 1 aromatic heterocycles. The van der Waals surface area contributed by atoms with Crippen LogP contribution in [-0.2, 0) is 4.79 Å². The van der Waals surface area contributed by atoms with Crippen molar-refractivity contribution in [2.24, 2.45) is 0 Å². The van der Waals surface area contributed by atoms with Crippen molar-refractivity contribution < 1.29 is 14.6 Å². The van der Waals surface area contributed by atoms with Crippen molar-refractivity contribution in [2.75, 3.05) is 6.61 Å². The van der Waals surface area contributed by atoms with Crippen LogP contribution in [0.2, 0.25) is 0 Å². The summed E-state index contributed by atoms with van der Waals surface area (Å²) in [7, 11) is 0. The summed E-state index contributed by atoms with van der Waals surface area (Å²) in [5.41, 5.74) is 1.19. The second-order valence-electron chi connectivity index (χ2n) is 3.18. The van der Waals surface area contributed by atoms with Crippen LogP contribution in [0.15, 0.2) is 6.33 Å². The van der Waals surface area contributed by atoms with E-state index in [-0.39, 0.29) is 0 Å². The third kappa shape index (κ3) is 2.43. The normalized spacial score (nSPS) is 12.2. The number of aliphatic carboxylic acids is 1. The Bertz CT molecular complexity index is 366. The first-order chi connectivity index (χ1) is 7.07. The van der Waals surface area contributed by atoms with E-state index in [9.17, 15) is 4.79 Å². The first-order valence-corrected chi connectivity index (χ1v) is 4.75. The lowest BCUT2D eigenvalue weighted by Crippen LogP contribution is -2.12. The van der Waals surface area contributed by atoms with Crippen LogP contribution < -0.4 is 4.74 Å². The number of carbonyl (C=O) groups is 1. The lowest BCUT2D eigenvalue weighted by Gasteiger charge is -2.11. The molecular formula is C10H14N2O3. The third-order valence-electron chi connectivity index (χ3n) is 2.14. The van der Waals surface area contributed by atoms with Gasteiger partial charge in [-0.15, -0.1) is 0 Å². The van der Waals surface area contributed by atoms with Crippen molar-refractivity contribution in [3.8, 4) is 5.88 Å². The lowest BCUT2D eigenvalue weighted by molar-refractivity contribution is -0.138. The Morgan fingerprint density at radius 3 is 2.80 bits per heavy atom. The molecule has 0 aliphatic rings. The minimum absolute atomic E-state index is 0.454. The molecule has 0 spiro atoms. The molecule has 0 bridgehead atoms. The van der Waals surface area contributed by atoms with Crippen molar-refractivity contribution >= 4 is 5.97 Å².